The van der Waals surface area contributed by atoms with Crippen LogP contribution in [0.4, 0.5) is 0 Å². The summed E-state index contributed by atoms with van der Waals surface area (Å²) in [4.78, 5) is 0. The van der Waals surface area contributed by atoms with Crippen molar-refractivity contribution in [2.45, 2.75) is 0 Å². The Hall–Kier alpha value is 1.79. The van der Waals surface area contributed by atoms with Crippen LogP contribution in [0.5, 0.6) is 0 Å². The molecule has 0 heterocycles. The maximum Gasteiger partial charge on any atom is 1.00 e. The van der Waals surface area contributed by atoms with Crippen molar-refractivity contribution in [2.75, 3.05) is 0 Å². The zero-order valence-electron chi connectivity index (χ0n) is 3.30. The molecule has 0 aromatic rings. The fourth-order valence-electron chi connectivity index (χ4n) is 0. The third kappa shape index (κ3) is 9.21. The van der Waals surface area contributed by atoms with Crippen LogP contribution in [0.1, 0.15) is 1.43 Å². The van der Waals surface area contributed by atoms with Gasteiger partial charge in [-0.15, -0.1) is 0 Å². The van der Waals surface area contributed by atoms with E-state index < -0.39 is 0 Å². The van der Waals surface area contributed by atoms with Gasteiger partial charge in [0.1, 0.15) is 0 Å². The standard InChI is InChI=1S/Cu.Li.H2O.Ti.H/h;;1H2;;/q;+1;;;-1. The van der Waals surface area contributed by atoms with Crippen molar-refractivity contribution in [2.24, 2.45) is 0 Å². The Balaban J connectivity index is 0. The molecule has 0 aromatic heterocycles. The maximum atomic E-state index is 0. The molecule has 4 heteroatoms. The quantitative estimate of drug-likeness (QED) is 0.308. The first kappa shape index (κ1) is 41.4. The minimum Gasteiger partial charge on any atom is -1.00 e. The maximum absolute atomic E-state index is 0. The van der Waals surface area contributed by atoms with Crippen LogP contribution in [-0.2, 0) is 38.8 Å². The number of hydrogen-bond acceptors (Lipinski definition) is 0. The molecule has 0 saturated heterocycles. The summed E-state index contributed by atoms with van der Waals surface area (Å²) in [5.74, 6) is 0. The molecule has 0 bridgehead atoms. The first-order chi connectivity index (χ1) is 0. The van der Waals surface area contributed by atoms with Crippen molar-refractivity contribution in [1.29, 1.82) is 0 Å². The van der Waals surface area contributed by atoms with E-state index in [-0.39, 0.29) is 64.5 Å². The van der Waals surface area contributed by atoms with Crippen LogP contribution in [0, 0.1) is 0 Å². The molecule has 0 fully saturated rings. The van der Waals surface area contributed by atoms with Crippen molar-refractivity contribution in [3.05, 3.63) is 0 Å². The largest absolute Gasteiger partial charge is 1.00 e. The average Bonchev–Trinajstić information content (AvgIpc) is 0. The smallest absolute Gasteiger partial charge is 1.00 e. The predicted molar refractivity (Wildman–Crippen MR) is 4.73 cm³/mol. The molecule has 0 atom stereocenters. The van der Waals surface area contributed by atoms with E-state index in [9.17, 15) is 0 Å². The van der Waals surface area contributed by atoms with Crippen molar-refractivity contribution in [1.82, 2.24) is 0 Å². The van der Waals surface area contributed by atoms with E-state index in [1.165, 1.54) is 0 Å². The molecular formula is H3CuLiOTi. The van der Waals surface area contributed by atoms with Crippen molar-refractivity contribution < 1.29 is 64.5 Å². The van der Waals surface area contributed by atoms with E-state index in [0.29, 0.717) is 0 Å². The second-order valence-electron chi connectivity index (χ2n) is 0. The Bertz CT molecular complexity index is 11.6. The van der Waals surface area contributed by atoms with Gasteiger partial charge >= 0.3 is 18.9 Å². The van der Waals surface area contributed by atoms with Gasteiger partial charge in [0, 0.05) is 38.8 Å². The van der Waals surface area contributed by atoms with Crippen LogP contribution in [0.3, 0.4) is 0 Å². The van der Waals surface area contributed by atoms with Gasteiger partial charge in [0.25, 0.3) is 0 Å². The topological polar surface area (TPSA) is 31.5 Å². The fourth-order valence-corrected chi connectivity index (χ4v) is 0. The van der Waals surface area contributed by atoms with E-state index in [4.69, 9.17) is 0 Å². The van der Waals surface area contributed by atoms with Gasteiger partial charge in [-0.25, -0.2) is 0 Å². The molecule has 0 saturated carbocycles. The van der Waals surface area contributed by atoms with Gasteiger partial charge in [0.15, 0.2) is 0 Å². The van der Waals surface area contributed by atoms with Crippen molar-refractivity contribution in [3.63, 3.8) is 0 Å². The summed E-state index contributed by atoms with van der Waals surface area (Å²) in [6.45, 7) is 0. The van der Waals surface area contributed by atoms with Gasteiger partial charge in [-0.1, -0.05) is 0 Å². The molecule has 0 rings (SSSR count). The summed E-state index contributed by atoms with van der Waals surface area (Å²) in [6.07, 6.45) is 0. The molecule has 0 spiro atoms. The Morgan fingerprint density at radius 2 is 1.25 bits per heavy atom. The first-order valence-electron chi connectivity index (χ1n) is 0. The molecule has 0 amide bonds. The van der Waals surface area contributed by atoms with Crippen LogP contribution >= 0.6 is 0 Å². The second kappa shape index (κ2) is 21.5. The third-order valence-corrected chi connectivity index (χ3v) is 0. The predicted octanol–water partition coefficient (Wildman–Crippen LogP) is -3.71. The van der Waals surface area contributed by atoms with Gasteiger partial charge in [-0.2, -0.15) is 0 Å². The molecule has 0 unspecified atom stereocenters. The minimum atomic E-state index is 0. The normalized spacial score (nSPS) is 0. The van der Waals surface area contributed by atoms with Gasteiger partial charge in [0.05, 0.1) is 0 Å². The van der Waals surface area contributed by atoms with E-state index in [2.05, 4.69) is 0 Å². The summed E-state index contributed by atoms with van der Waals surface area (Å²) < 4.78 is 0. The van der Waals surface area contributed by atoms with Crippen LogP contribution in [0.15, 0.2) is 0 Å². The number of rotatable bonds is 0. The summed E-state index contributed by atoms with van der Waals surface area (Å²) in [5, 5.41) is 0. The Labute approximate surface area is 64.2 Å². The zero-order valence-corrected chi connectivity index (χ0v) is 4.80. The monoisotopic (exact) mass is 137 g/mol. The van der Waals surface area contributed by atoms with E-state index in [1.807, 2.05) is 0 Å². The van der Waals surface area contributed by atoms with Crippen LogP contribution in [0.2, 0.25) is 0 Å². The summed E-state index contributed by atoms with van der Waals surface area (Å²) >= 11 is 0. The van der Waals surface area contributed by atoms with E-state index >= 15 is 0 Å². The van der Waals surface area contributed by atoms with Gasteiger partial charge in [-0.3, -0.25) is 0 Å². The molecular weight excluding hydrogens is 134 g/mol. The molecule has 0 aliphatic heterocycles. The van der Waals surface area contributed by atoms with Gasteiger partial charge in [0.2, 0.25) is 0 Å². The fraction of sp³-hybridized carbons (Fsp3) is 0. The van der Waals surface area contributed by atoms with Crippen LogP contribution in [-0.4, -0.2) is 5.48 Å². The Kier molecular flexibility index (Phi) is 222. The van der Waals surface area contributed by atoms with Crippen molar-refractivity contribution in [3.8, 4) is 0 Å². The summed E-state index contributed by atoms with van der Waals surface area (Å²) in [6, 6.07) is 0. The molecule has 0 aliphatic carbocycles. The van der Waals surface area contributed by atoms with Crippen molar-refractivity contribution >= 4 is 0 Å². The molecule has 25 valence electrons. The summed E-state index contributed by atoms with van der Waals surface area (Å²) in [7, 11) is 0. The van der Waals surface area contributed by atoms with E-state index in [0.717, 1.165) is 0 Å². The number of hydrogen-bond donors (Lipinski definition) is 0. The molecule has 1 radical (unpaired) electrons. The van der Waals surface area contributed by atoms with Crippen LogP contribution < -0.4 is 18.9 Å². The molecule has 2 N–H and O–H groups in total. The minimum absolute atomic E-state index is 0. The third-order valence-electron chi connectivity index (χ3n) is 0. The van der Waals surface area contributed by atoms with E-state index in [1.54, 1.807) is 0 Å². The van der Waals surface area contributed by atoms with Crippen LogP contribution in [0.25, 0.3) is 0 Å². The first-order valence-corrected chi connectivity index (χ1v) is 0. The molecule has 4 heavy (non-hydrogen) atoms. The second-order valence-corrected chi connectivity index (χ2v) is 0. The SMILES string of the molecule is O.[Cu].[H-].[Li+].[Ti]. The molecule has 0 aromatic carbocycles. The average molecular weight is 137 g/mol. The molecule has 1 nitrogen and oxygen atoms in total. The zero-order chi connectivity index (χ0) is 0. The summed E-state index contributed by atoms with van der Waals surface area (Å²) in [5.41, 5.74) is 0. The Morgan fingerprint density at radius 1 is 1.25 bits per heavy atom. The Morgan fingerprint density at radius 3 is 1.25 bits per heavy atom. The molecule has 0 aliphatic rings. The van der Waals surface area contributed by atoms with Gasteiger partial charge in [-0.05, 0) is 0 Å². The van der Waals surface area contributed by atoms with Gasteiger partial charge < -0.3 is 6.90 Å².